The van der Waals surface area contributed by atoms with Gasteiger partial charge in [-0.15, -0.1) is 0 Å². The van der Waals surface area contributed by atoms with E-state index in [-0.39, 0.29) is 24.0 Å². The summed E-state index contributed by atoms with van der Waals surface area (Å²) < 4.78 is 19.1. The minimum atomic E-state index is -0.907. The van der Waals surface area contributed by atoms with Crippen molar-refractivity contribution in [3.8, 4) is 5.75 Å². The molecule has 2 heterocycles. The highest BCUT2D eigenvalue weighted by atomic mass is 19.1. The van der Waals surface area contributed by atoms with Crippen LogP contribution in [0.4, 0.5) is 14.9 Å². The van der Waals surface area contributed by atoms with Crippen LogP contribution in [0.5, 0.6) is 5.75 Å². The van der Waals surface area contributed by atoms with Gasteiger partial charge in [0.15, 0.2) is 17.4 Å². The quantitative estimate of drug-likeness (QED) is 0.629. The topological polar surface area (TPSA) is 119 Å². The van der Waals surface area contributed by atoms with Crippen LogP contribution in [0.1, 0.15) is 30.1 Å². The van der Waals surface area contributed by atoms with Gasteiger partial charge >= 0.3 is 6.09 Å². The second-order valence-electron chi connectivity index (χ2n) is 6.14. The summed E-state index contributed by atoms with van der Waals surface area (Å²) in [4.78, 5) is 30.6. The molecular weight excluding hydrogens is 359 g/mol. The van der Waals surface area contributed by atoms with Crippen molar-refractivity contribution in [3.05, 3.63) is 57.9 Å². The van der Waals surface area contributed by atoms with Crippen molar-refractivity contribution in [2.24, 2.45) is 0 Å². The minimum absolute atomic E-state index is 0.0769. The first kappa shape index (κ1) is 18.5. The van der Waals surface area contributed by atoms with Crippen LogP contribution in [0.2, 0.25) is 0 Å². The molecule has 1 saturated heterocycles. The standard InChI is InChI=1S/C17H17FN4O5/c18-14-7-13(22(25)26)1-2-15(14)27-10-16-19-8-12(9-20-16)11-3-5-21(6-4-11)17(23)24/h1-2,7-9,11H,3-6,10H2,(H,23,24). The SMILES string of the molecule is O=C(O)N1CCC(c2cnc(COc3ccc([N+](=O)[O-])cc3F)nc2)CC1. The lowest BCUT2D eigenvalue weighted by atomic mass is 9.91. The van der Waals surface area contributed by atoms with Crippen molar-refractivity contribution in [2.75, 3.05) is 13.1 Å². The van der Waals surface area contributed by atoms with E-state index >= 15 is 0 Å². The Hall–Kier alpha value is -3.30. The molecule has 0 unspecified atom stereocenters. The van der Waals surface area contributed by atoms with E-state index in [2.05, 4.69) is 9.97 Å². The summed E-state index contributed by atoms with van der Waals surface area (Å²) in [5, 5.41) is 19.6. The first-order chi connectivity index (χ1) is 12.9. The molecule has 2 aromatic rings. The van der Waals surface area contributed by atoms with E-state index in [0.29, 0.717) is 31.8 Å². The van der Waals surface area contributed by atoms with Gasteiger partial charge in [-0.05, 0) is 30.4 Å². The first-order valence-corrected chi connectivity index (χ1v) is 8.29. The Kier molecular flexibility index (Phi) is 5.43. The third-order valence-corrected chi connectivity index (χ3v) is 4.45. The number of benzene rings is 1. The van der Waals surface area contributed by atoms with Gasteiger partial charge in [-0.1, -0.05) is 0 Å². The number of halogens is 1. The predicted octanol–water partition coefficient (Wildman–Crippen LogP) is 2.96. The van der Waals surface area contributed by atoms with Crippen molar-refractivity contribution in [2.45, 2.75) is 25.4 Å². The fourth-order valence-electron chi connectivity index (χ4n) is 2.92. The maximum atomic E-state index is 13.8. The van der Waals surface area contributed by atoms with E-state index in [1.807, 2.05) is 0 Å². The highest BCUT2D eigenvalue weighted by Gasteiger charge is 2.23. The van der Waals surface area contributed by atoms with Crippen molar-refractivity contribution in [1.82, 2.24) is 14.9 Å². The Morgan fingerprint density at radius 3 is 2.56 bits per heavy atom. The van der Waals surface area contributed by atoms with Crippen LogP contribution in [0.15, 0.2) is 30.6 Å². The third kappa shape index (κ3) is 4.46. The number of nitrogens with zero attached hydrogens (tertiary/aromatic N) is 4. The summed E-state index contributed by atoms with van der Waals surface area (Å²) >= 11 is 0. The molecule has 1 N–H and O–H groups in total. The van der Waals surface area contributed by atoms with E-state index in [1.165, 1.54) is 11.0 Å². The zero-order valence-corrected chi connectivity index (χ0v) is 14.2. The van der Waals surface area contributed by atoms with Crippen LogP contribution in [0, 0.1) is 15.9 Å². The molecule has 1 aliphatic rings. The number of aromatic nitrogens is 2. The molecule has 1 aliphatic heterocycles. The second kappa shape index (κ2) is 7.94. The zero-order valence-electron chi connectivity index (χ0n) is 14.2. The van der Waals surface area contributed by atoms with Crippen LogP contribution in [-0.2, 0) is 6.61 Å². The Morgan fingerprint density at radius 1 is 1.33 bits per heavy atom. The molecule has 0 spiro atoms. The van der Waals surface area contributed by atoms with Gasteiger partial charge in [0.25, 0.3) is 5.69 Å². The minimum Gasteiger partial charge on any atom is -0.483 e. The lowest BCUT2D eigenvalue weighted by Gasteiger charge is -2.29. The van der Waals surface area contributed by atoms with Gasteiger partial charge in [0.2, 0.25) is 0 Å². The lowest BCUT2D eigenvalue weighted by Crippen LogP contribution is -2.36. The highest BCUT2D eigenvalue weighted by Crippen LogP contribution is 2.27. The Labute approximate surface area is 153 Å². The van der Waals surface area contributed by atoms with E-state index in [9.17, 15) is 19.3 Å². The molecule has 1 aromatic heterocycles. The van der Waals surface area contributed by atoms with Crippen LogP contribution >= 0.6 is 0 Å². The predicted molar refractivity (Wildman–Crippen MR) is 91.0 cm³/mol. The normalized spacial score (nSPS) is 14.8. The third-order valence-electron chi connectivity index (χ3n) is 4.45. The number of nitro groups is 1. The molecule has 142 valence electrons. The number of carbonyl (C=O) groups is 1. The van der Waals surface area contributed by atoms with Crippen LogP contribution in [0.25, 0.3) is 0 Å². The Bertz CT molecular complexity index is 838. The molecule has 1 amide bonds. The highest BCUT2D eigenvalue weighted by molar-refractivity contribution is 5.65. The largest absolute Gasteiger partial charge is 0.483 e. The molecule has 3 rings (SSSR count). The summed E-state index contributed by atoms with van der Waals surface area (Å²) in [5.74, 6) is -0.400. The molecule has 1 fully saturated rings. The number of likely N-dealkylation sites (tertiary alicyclic amines) is 1. The monoisotopic (exact) mass is 376 g/mol. The molecular formula is C17H17FN4O5. The van der Waals surface area contributed by atoms with Gasteiger partial charge in [0, 0.05) is 31.5 Å². The number of amides is 1. The van der Waals surface area contributed by atoms with Gasteiger partial charge < -0.3 is 14.7 Å². The van der Waals surface area contributed by atoms with Gasteiger partial charge in [0.1, 0.15) is 6.61 Å². The molecule has 0 aliphatic carbocycles. The summed E-state index contributed by atoms with van der Waals surface area (Å²) in [6.07, 6.45) is 3.84. The maximum absolute atomic E-state index is 13.8. The molecule has 1 aromatic carbocycles. The number of ether oxygens (including phenoxy) is 1. The molecule has 0 atom stereocenters. The zero-order chi connectivity index (χ0) is 19.4. The first-order valence-electron chi connectivity index (χ1n) is 8.29. The average Bonchev–Trinajstić information content (AvgIpc) is 2.67. The van der Waals surface area contributed by atoms with E-state index in [0.717, 1.165) is 17.7 Å². The number of nitro benzene ring substituents is 1. The average molecular weight is 376 g/mol. The number of carboxylic acid groups (broad SMARTS) is 1. The summed E-state index contributed by atoms with van der Waals surface area (Å²) in [7, 11) is 0. The van der Waals surface area contributed by atoms with Crippen molar-refractivity contribution >= 4 is 11.8 Å². The fraction of sp³-hybridized carbons (Fsp3) is 0.353. The van der Waals surface area contributed by atoms with E-state index in [1.54, 1.807) is 12.4 Å². The number of piperidine rings is 1. The summed E-state index contributed by atoms with van der Waals surface area (Å²) in [5.41, 5.74) is 0.569. The van der Waals surface area contributed by atoms with Crippen molar-refractivity contribution in [3.63, 3.8) is 0 Å². The summed E-state index contributed by atoms with van der Waals surface area (Å²) in [6.45, 7) is 0.876. The number of non-ortho nitro benzene ring substituents is 1. The molecule has 0 radical (unpaired) electrons. The van der Waals surface area contributed by atoms with Gasteiger partial charge in [0.05, 0.1) is 11.0 Å². The maximum Gasteiger partial charge on any atom is 0.407 e. The number of hydrogen-bond donors (Lipinski definition) is 1. The number of rotatable bonds is 5. The Balaban J connectivity index is 1.57. The molecule has 0 bridgehead atoms. The van der Waals surface area contributed by atoms with Crippen molar-refractivity contribution < 1.29 is 24.0 Å². The van der Waals surface area contributed by atoms with E-state index < -0.39 is 16.8 Å². The van der Waals surface area contributed by atoms with Crippen LogP contribution in [-0.4, -0.2) is 44.1 Å². The fourth-order valence-corrected chi connectivity index (χ4v) is 2.92. The molecule has 10 heteroatoms. The smallest absolute Gasteiger partial charge is 0.407 e. The second-order valence-corrected chi connectivity index (χ2v) is 6.14. The molecule has 27 heavy (non-hydrogen) atoms. The Morgan fingerprint density at radius 2 is 2.00 bits per heavy atom. The van der Waals surface area contributed by atoms with Crippen LogP contribution < -0.4 is 4.74 Å². The number of hydrogen-bond acceptors (Lipinski definition) is 6. The van der Waals surface area contributed by atoms with Crippen molar-refractivity contribution in [1.29, 1.82) is 0 Å². The van der Waals surface area contributed by atoms with Crippen LogP contribution in [0.3, 0.4) is 0 Å². The molecule has 0 saturated carbocycles. The van der Waals surface area contributed by atoms with Gasteiger partial charge in [-0.3, -0.25) is 10.1 Å². The van der Waals surface area contributed by atoms with Gasteiger partial charge in [-0.25, -0.2) is 19.2 Å². The molecule has 9 nitrogen and oxygen atoms in total. The van der Waals surface area contributed by atoms with Gasteiger partial charge in [-0.2, -0.15) is 0 Å². The summed E-state index contributed by atoms with van der Waals surface area (Å²) in [6, 6.07) is 3.15. The van der Waals surface area contributed by atoms with E-state index in [4.69, 9.17) is 9.84 Å². The lowest BCUT2D eigenvalue weighted by molar-refractivity contribution is -0.385.